The monoisotopic (exact) mass is 214 g/mol. The highest BCUT2D eigenvalue weighted by atomic mass is 16.5. The van der Waals surface area contributed by atoms with E-state index in [4.69, 9.17) is 9.47 Å². The van der Waals surface area contributed by atoms with Crippen LogP contribution in [0.15, 0.2) is 6.20 Å². The summed E-state index contributed by atoms with van der Waals surface area (Å²) in [4.78, 5) is 0. The van der Waals surface area contributed by atoms with E-state index >= 15 is 0 Å². The smallest absolute Gasteiger partial charge is 0.163 e. The van der Waals surface area contributed by atoms with Gasteiger partial charge in [0.15, 0.2) is 5.75 Å². The number of nitrogens with zero attached hydrogens (tertiary/aromatic N) is 2. The minimum absolute atomic E-state index is 0.222. The molecule has 0 saturated carbocycles. The van der Waals surface area contributed by atoms with Crippen LogP contribution in [0.3, 0.4) is 0 Å². The van der Waals surface area contributed by atoms with Crippen LogP contribution in [0.2, 0.25) is 0 Å². The van der Waals surface area contributed by atoms with Crippen molar-refractivity contribution >= 4 is 0 Å². The highest BCUT2D eigenvalue weighted by Gasteiger charge is 2.30. The summed E-state index contributed by atoms with van der Waals surface area (Å²) in [6.07, 6.45) is 1.58. The second-order valence-electron chi connectivity index (χ2n) is 3.60. The third-order valence-corrected chi connectivity index (χ3v) is 2.22. The van der Waals surface area contributed by atoms with E-state index in [2.05, 4.69) is 5.10 Å². The van der Waals surface area contributed by atoms with Gasteiger partial charge in [-0.3, -0.25) is 4.68 Å². The SMILES string of the molecule is CCOCC(C)(O)c1c(OC)cnn1C. The molecule has 1 heterocycles. The van der Waals surface area contributed by atoms with E-state index in [1.807, 2.05) is 6.92 Å². The van der Waals surface area contributed by atoms with Crippen molar-refractivity contribution in [3.05, 3.63) is 11.9 Å². The molecule has 0 aromatic carbocycles. The largest absolute Gasteiger partial charge is 0.493 e. The Morgan fingerprint density at radius 3 is 2.80 bits per heavy atom. The molecule has 15 heavy (non-hydrogen) atoms. The maximum absolute atomic E-state index is 10.2. The van der Waals surface area contributed by atoms with Crippen molar-refractivity contribution in [1.82, 2.24) is 9.78 Å². The Balaban J connectivity index is 2.96. The second kappa shape index (κ2) is 4.63. The predicted octanol–water partition coefficient (Wildman–Crippen LogP) is 0.673. The van der Waals surface area contributed by atoms with Crippen LogP contribution in [-0.4, -0.2) is 35.2 Å². The molecule has 1 aromatic heterocycles. The number of aliphatic hydroxyl groups is 1. The fourth-order valence-electron chi connectivity index (χ4n) is 1.55. The number of methoxy groups -OCH3 is 1. The van der Waals surface area contributed by atoms with Crippen molar-refractivity contribution in [2.75, 3.05) is 20.3 Å². The molecular formula is C10H18N2O3. The van der Waals surface area contributed by atoms with E-state index in [0.29, 0.717) is 18.1 Å². The molecule has 0 spiro atoms. The van der Waals surface area contributed by atoms with Crippen LogP contribution in [0.25, 0.3) is 0 Å². The lowest BCUT2D eigenvalue weighted by atomic mass is 10.0. The first-order chi connectivity index (χ1) is 7.03. The molecule has 0 fully saturated rings. The van der Waals surface area contributed by atoms with Gasteiger partial charge < -0.3 is 14.6 Å². The number of hydrogen-bond acceptors (Lipinski definition) is 4. The van der Waals surface area contributed by atoms with Crippen LogP contribution in [0.4, 0.5) is 0 Å². The molecule has 1 rings (SSSR count). The molecule has 86 valence electrons. The van der Waals surface area contributed by atoms with Crippen LogP contribution in [-0.2, 0) is 17.4 Å². The molecule has 0 bridgehead atoms. The number of rotatable bonds is 5. The molecule has 1 unspecified atom stereocenters. The standard InChI is InChI=1S/C10H18N2O3/c1-5-15-7-10(2,13)9-8(14-4)6-11-12(9)3/h6,13H,5,7H2,1-4H3. The van der Waals surface area contributed by atoms with Crippen molar-refractivity contribution in [1.29, 1.82) is 0 Å². The molecule has 0 amide bonds. The van der Waals surface area contributed by atoms with Gasteiger partial charge >= 0.3 is 0 Å². The molecule has 5 heteroatoms. The zero-order valence-electron chi connectivity index (χ0n) is 9.65. The molecule has 5 nitrogen and oxygen atoms in total. The molecule has 1 aromatic rings. The van der Waals surface area contributed by atoms with Crippen LogP contribution in [0, 0.1) is 0 Å². The Morgan fingerprint density at radius 2 is 2.27 bits per heavy atom. The number of aryl methyl sites for hydroxylation is 1. The summed E-state index contributed by atoms with van der Waals surface area (Å²) in [7, 11) is 3.32. The summed E-state index contributed by atoms with van der Waals surface area (Å²) in [5.74, 6) is 0.571. The zero-order valence-corrected chi connectivity index (χ0v) is 9.65. The molecule has 1 atom stereocenters. The van der Waals surface area contributed by atoms with E-state index in [-0.39, 0.29) is 6.61 Å². The summed E-state index contributed by atoms with van der Waals surface area (Å²) in [5.41, 5.74) is -0.467. The van der Waals surface area contributed by atoms with E-state index in [1.165, 1.54) is 0 Å². The van der Waals surface area contributed by atoms with Crippen molar-refractivity contribution < 1.29 is 14.6 Å². The zero-order chi connectivity index (χ0) is 11.5. The summed E-state index contributed by atoms with van der Waals surface area (Å²) in [6, 6.07) is 0. The van der Waals surface area contributed by atoms with Crippen LogP contribution in [0.5, 0.6) is 5.75 Å². The van der Waals surface area contributed by atoms with Gasteiger partial charge in [-0.05, 0) is 13.8 Å². The van der Waals surface area contributed by atoms with E-state index < -0.39 is 5.60 Å². The topological polar surface area (TPSA) is 56.5 Å². The van der Waals surface area contributed by atoms with Gasteiger partial charge in [-0.25, -0.2) is 0 Å². The van der Waals surface area contributed by atoms with Gasteiger partial charge in [0.1, 0.15) is 11.3 Å². The summed E-state index contributed by atoms with van der Waals surface area (Å²) in [6.45, 7) is 4.36. The van der Waals surface area contributed by atoms with Crippen molar-refractivity contribution in [3.63, 3.8) is 0 Å². The second-order valence-corrected chi connectivity index (χ2v) is 3.60. The molecule has 0 aliphatic carbocycles. The lowest BCUT2D eigenvalue weighted by molar-refractivity contribution is -0.0407. The molecule has 0 aliphatic heterocycles. The Morgan fingerprint density at radius 1 is 1.60 bits per heavy atom. The molecule has 0 aliphatic rings. The predicted molar refractivity (Wildman–Crippen MR) is 55.8 cm³/mol. The minimum atomic E-state index is -1.09. The fourth-order valence-corrected chi connectivity index (χ4v) is 1.55. The average Bonchev–Trinajstić information content (AvgIpc) is 2.57. The van der Waals surface area contributed by atoms with E-state index in [9.17, 15) is 5.11 Å². The van der Waals surface area contributed by atoms with Crippen molar-refractivity contribution in [2.24, 2.45) is 7.05 Å². The Hall–Kier alpha value is -1.07. The van der Waals surface area contributed by atoms with Gasteiger partial charge in [0, 0.05) is 13.7 Å². The minimum Gasteiger partial charge on any atom is -0.493 e. The van der Waals surface area contributed by atoms with Gasteiger partial charge in [-0.15, -0.1) is 0 Å². The van der Waals surface area contributed by atoms with E-state index in [0.717, 1.165) is 0 Å². The average molecular weight is 214 g/mol. The van der Waals surface area contributed by atoms with Crippen molar-refractivity contribution in [2.45, 2.75) is 19.4 Å². The first kappa shape index (κ1) is 12.0. The van der Waals surface area contributed by atoms with Gasteiger partial charge in [0.05, 0.1) is 19.9 Å². The Kier molecular flexibility index (Phi) is 3.71. The quantitative estimate of drug-likeness (QED) is 0.782. The Labute approximate surface area is 89.6 Å². The summed E-state index contributed by atoms with van der Waals surface area (Å²) in [5, 5.41) is 14.3. The highest BCUT2D eigenvalue weighted by molar-refractivity contribution is 5.30. The summed E-state index contributed by atoms with van der Waals surface area (Å²) >= 11 is 0. The van der Waals surface area contributed by atoms with Gasteiger partial charge in [-0.1, -0.05) is 0 Å². The third kappa shape index (κ3) is 2.49. The maximum Gasteiger partial charge on any atom is 0.163 e. The number of ether oxygens (including phenoxy) is 2. The van der Waals surface area contributed by atoms with Crippen LogP contribution < -0.4 is 4.74 Å². The van der Waals surface area contributed by atoms with Gasteiger partial charge in [-0.2, -0.15) is 5.10 Å². The summed E-state index contributed by atoms with van der Waals surface area (Å²) < 4.78 is 12.0. The van der Waals surface area contributed by atoms with E-state index in [1.54, 1.807) is 32.0 Å². The maximum atomic E-state index is 10.2. The molecule has 0 saturated heterocycles. The highest BCUT2D eigenvalue weighted by Crippen LogP contribution is 2.29. The fraction of sp³-hybridized carbons (Fsp3) is 0.700. The lowest BCUT2D eigenvalue weighted by Gasteiger charge is -2.24. The first-order valence-electron chi connectivity index (χ1n) is 4.89. The molecule has 0 radical (unpaired) electrons. The number of aromatic nitrogens is 2. The van der Waals surface area contributed by atoms with Gasteiger partial charge in [0.2, 0.25) is 0 Å². The van der Waals surface area contributed by atoms with Crippen LogP contribution >= 0.6 is 0 Å². The van der Waals surface area contributed by atoms with Crippen LogP contribution in [0.1, 0.15) is 19.5 Å². The third-order valence-electron chi connectivity index (χ3n) is 2.22. The molecular weight excluding hydrogens is 196 g/mol. The Bertz CT molecular complexity index is 320. The number of hydrogen-bond donors (Lipinski definition) is 1. The van der Waals surface area contributed by atoms with Crippen molar-refractivity contribution in [3.8, 4) is 5.75 Å². The lowest BCUT2D eigenvalue weighted by Crippen LogP contribution is -2.31. The first-order valence-corrected chi connectivity index (χ1v) is 4.89. The van der Waals surface area contributed by atoms with Gasteiger partial charge in [0.25, 0.3) is 0 Å². The normalized spacial score (nSPS) is 15.0. The molecule has 1 N–H and O–H groups in total.